The van der Waals surface area contributed by atoms with E-state index < -0.39 is 12.1 Å². The molecule has 0 aromatic heterocycles. The van der Waals surface area contributed by atoms with Gasteiger partial charge in [-0.3, -0.25) is 4.90 Å². The van der Waals surface area contributed by atoms with Gasteiger partial charge >= 0.3 is 12.1 Å². The number of alkyl halides is 3. The highest BCUT2D eigenvalue weighted by atomic mass is 19.4. The summed E-state index contributed by atoms with van der Waals surface area (Å²) in [4.78, 5) is 13.8. The smallest absolute Gasteiger partial charge is 0.475 e. The number of carboxylic acid groups (broad SMARTS) is 1. The van der Waals surface area contributed by atoms with Crippen molar-refractivity contribution in [3.63, 3.8) is 0 Å². The molecule has 0 spiro atoms. The summed E-state index contributed by atoms with van der Waals surface area (Å²) in [5, 5.41) is 10.3. The molecular weight excluding hydrogens is 251 g/mol. The van der Waals surface area contributed by atoms with Crippen LogP contribution in [0.4, 0.5) is 13.2 Å². The van der Waals surface area contributed by atoms with Crippen LogP contribution in [-0.4, -0.2) is 80.4 Å². The highest BCUT2D eigenvalue weighted by Gasteiger charge is 2.38. The fourth-order valence-electron chi connectivity index (χ4n) is 1.34. The standard InChI is InChI=1S/C8H19N3.C2HF3O2/c1-9-3-4-11-7-5-10(2)6-8-11;3-2(4,5)1(6)7/h9H,3-8H2,1-2H3;(H,6,7). The number of rotatable bonds is 3. The highest BCUT2D eigenvalue weighted by Crippen LogP contribution is 2.13. The van der Waals surface area contributed by atoms with Gasteiger partial charge in [0.2, 0.25) is 0 Å². The predicted octanol–water partition coefficient (Wildman–Crippen LogP) is 0.0865. The summed E-state index contributed by atoms with van der Waals surface area (Å²) >= 11 is 0. The largest absolute Gasteiger partial charge is 0.490 e. The molecule has 1 aliphatic rings. The van der Waals surface area contributed by atoms with E-state index >= 15 is 0 Å². The molecule has 0 atom stereocenters. The van der Waals surface area contributed by atoms with Gasteiger partial charge in [0, 0.05) is 39.3 Å². The minimum Gasteiger partial charge on any atom is -0.475 e. The summed E-state index contributed by atoms with van der Waals surface area (Å²) in [5.41, 5.74) is 0. The van der Waals surface area contributed by atoms with E-state index in [9.17, 15) is 13.2 Å². The number of nitrogens with zero attached hydrogens (tertiary/aromatic N) is 2. The second kappa shape index (κ2) is 8.28. The summed E-state index contributed by atoms with van der Waals surface area (Å²) in [7, 11) is 4.20. The Morgan fingerprint density at radius 3 is 2.06 bits per heavy atom. The van der Waals surface area contributed by atoms with Crippen LogP contribution in [0.15, 0.2) is 0 Å². The molecule has 108 valence electrons. The van der Waals surface area contributed by atoms with Crippen molar-refractivity contribution in [2.75, 3.05) is 53.4 Å². The monoisotopic (exact) mass is 271 g/mol. The van der Waals surface area contributed by atoms with Crippen LogP contribution in [0.2, 0.25) is 0 Å². The van der Waals surface area contributed by atoms with E-state index in [1.165, 1.54) is 32.7 Å². The Morgan fingerprint density at radius 2 is 1.72 bits per heavy atom. The van der Waals surface area contributed by atoms with Gasteiger partial charge in [-0.15, -0.1) is 0 Å². The van der Waals surface area contributed by atoms with Crippen molar-refractivity contribution in [2.45, 2.75) is 6.18 Å². The maximum Gasteiger partial charge on any atom is 0.490 e. The second-order valence-corrected chi connectivity index (χ2v) is 4.05. The normalized spacial score (nSPS) is 18.1. The van der Waals surface area contributed by atoms with Crippen molar-refractivity contribution in [3.05, 3.63) is 0 Å². The van der Waals surface area contributed by atoms with Crippen molar-refractivity contribution in [2.24, 2.45) is 0 Å². The third kappa shape index (κ3) is 8.26. The number of halogens is 3. The van der Waals surface area contributed by atoms with Gasteiger partial charge in [-0.1, -0.05) is 0 Å². The first-order chi connectivity index (χ1) is 8.27. The zero-order valence-electron chi connectivity index (χ0n) is 10.6. The molecular formula is C10H20F3N3O2. The third-order valence-electron chi connectivity index (χ3n) is 2.52. The Morgan fingerprint density at radius 1 is 1.28 bits per heavy atom. The van der Waals surface area contributed by atoms with Crippen molar-refractivity contribution in [1.29, 1.82) is 0 Å². The number of likely N-dealkylation sites (N-methyl/N-ethyl adjacent to an activating group) is 2. The molecule has 5 nitrogen and oxygen atoms in total. The zero-order valence-corrected chi connectivity index (χ0v) is 10.6. The Kier molecular flexibility index (Phi) is 7.88. The minimum absolute atomic E-state index is 1.11. The lowest BCUT2D eigenvalue weighted by Crippen LogP contribution is -2.46. The first kappa shape index (κ1) is 17.1. The molecule has 0 amide bonds. The van der Waals surface area contributed by atoms with Crippen molar-refractivity contribution in [3.8, 4) is 0 Å². The average molecular weight is 271 g/mol. The summed E-state index contributed by atoms with van der Waals surface area (Å²) in [6.45, 7) is 7.23. The Hall–Kier alpha value is -0.860. The maximum absolute atomic E-state index is 10.6. The van der Waals surface area contributed by atoms with Crippen molar-refractivity contribution >= 4 is 5.97 Å². The molecule has 0 unspecified atom stereocenters. The molecule has 1 saturated heterocycles. The Balaban J connectivity index is 0.000000360. The lowest BCUT2D eigenvalue weighted by atomic mass is 10.3. The van der Waals surface area contributed by atoms with Crippen LogP contribution in [0.1, 0.15) is 0 Å². The van der Waals surface area contributed by atoms with E-state index in [2.05, 4.69) is 22.2 Å². The van der Waals surface area contributed by atoms with Crippen molar-refractivity contribution < 1.29 is 23.1 Å². The van der Waals surface area contributed by atoms with Gasteiger partial charge in [0.25, 0.3) is 0 Å². The van der Waals surface area contributed by atoms with E-state index in [-0.39, 0.29) is 0 Å². The van der Waals surface area contributed by atoms with E-state index in [1.54, 1.807) is 0 Å². The first-order valence-corrected chi connectivity index (χ1v) is 5.63. The lowest BCUT2D eigenvalue weighted by molar-refractivity contribution is -0.192. The maximum atomic E-state index is 10.6. The van der Waals surface area contributed by atoms with Crippen LogP contribution in [-0.2, 0) is 4.79 Å². The Bertz CT molecular complexity index is 238. The molecule has 1 heterocycles. The van der Waals surface area contributed by atoms with Crippen LogP contribution in [0.25, 0.3) is 0 Å². The van der Waals surface area contributed by atoms with Gasteiger partial charge in [0.1, 0.15) is 0 Å². The van der Waals surface area contributed by atoms with Gasteiger partial charge in [0.05, 0.1) is 0 Å². The summed E-state index contributed by atoms with van der Waals surface area (Å²) in [6.07, 6.45) is -5.08. The van der Waals surface area contributed by atoms with E-state index in [1.807, 2.05) is 7.05 Å². The summed E-state index contributed by atoms with van der Waals surface area (Å²) in [6, 6.07) is 0. The molecule has 0 radical (unpaired) electrons. The summed E-state index contributed by atoms with van der Waals surface area (Å²) in [5.74, 6) is -2.76. The van der Waals surface area contributed by atoms with Gasteiger partial charge in [-0.25, -0.2) is 4.79 Å². The molecule has 1 fully saturated rings. The number of hydrogen-bond acceptors (Lipinski definition) is 4. The topological polar surface area (TPSA) is 55.8 Å². The molecule has 18 heavy (non-hydrogen) atoms. The van der Waals surface area contributed by atoms with Gasteiger partial charge in [-0.05, 0) is 14.1 Å². The summed E-state index contributed by atoms with van der Waals surface area (Å²) < 4.78 is 31.7. The SMILES string of the molecule is CNCCN1CCN(C)CC1.O=C(O)C(F)(F)F. The van der Waals surface area contributed by atoms with E-state index in [0.29, 0.717) is 0 Å². The molecule has 0 aromatic rings. The number of carbonyl (C=O) groups is 1. The van der Waals surface area contributed by atoms with Crippen LogP contribution in [0.3, 0.4) is 0 Å². The third-order valence-corrected chi connectivity index (χ3v) is 2.52. The van der Waals surface area contributed by atoms with E-state index in [0.717, 1.165) is 6.54 Å². The number of nitrogens with one attached hydrogen (secondary N) is 1. The van der Waals surface area contributed by atoms with Crippen LogP contribution in [0.5, 0.6) is 0 Å². The molecule has 0 aromatic carbocycles. The van der Waals surface area contributed by atoms with Crippen LogP contribution < -0.4 is 5.32 Å². The highest BCUT2D eigenvalue weighted by molar-refractivity contribution is 5.73. The lowest BCUT2D eigenvalue weighted by Gasteiger charge is -2.32. The average Bonchev–Trinajstić information content (AvgIpc) is 2.28. The number of carboxylic acids is 1. The molecule has 2 N–H and O–H groups in total. The van der Waals surface area contributed by atoms with Crippen LogP contribution in [0, 0.1) is 0 Å². The minimum atomic E-state index is -5.08. The quantitative estimate of drug-likeness (QED) is 0.762. The number of piperazine rings is 1. The number of aliphatic carboxylic acids is 1. The Labute approximate surface area is 105 Å². The van der Waals surface area contributed by atoms with Gasteiger partial charge in [0.15, 0.2) is 0 Å². The van der Waals surface area contributed by atoms with Crippen LogP contribution >= 0.6 is 0 Å². The van der Waals surface area contributed by atoms with E-state index in [4.69, 9.17) is 9.90 Å². The molecule has 0 aliphatic carbocycles. The fraction of sp³-hybridized carbons (Fsp3) is 0.900. The van der Waals surface area contributed by atoms with Gasteiger partial charge in [-0.2, -0.15) is 13.2 Å². The number of hydrogen-bond donors (Lipinski definition) is 2. The second-order valence-electron chi connectivity index (χ2n) is 4.05. The molecule has 0 bridgehead atoms. The van der Waals surface area contributed by atoms with Crippen molar-refractivity contribution in [1.82, 2.24) is 15.1 Å². The molecule has 0 saturated carbocycles. The van der Waals surface area contributed by atoms with Gasteiger partial charge < -0.3 is 15.3 Å². The molecule has 8 heteroatoms. The molecule has 1 rings (SSSR count). The first-order valence-electron chi connectivity index (χ1n) is 5.63. The predicted molar refractivity (Wildman–Crippen MR) is 61.6 cm³/mol. The zero-order chi connectivity index (χ0) is 14.2. The fourth-order valence-corrected chi connectivity index (χ4v) is 1.34. The molecule has 1 aliphatic heterocycles.